The Morgan fingerprint density at radius 2 is 2.42 bits per heavy atom. The number of aromatic amines is 1. The fraction of sp³-hybridized carbons (Fsp3) is 0.500. The number of aromatic nitrogens is 2. The highest BCUT2D eigenvalue weighted by molar-refractivity contribution is 5.15. The number of aryl methyl sites for hydroxylation is 1. The van der Waals surface area contributed by atoms with Gasteiger partial charge >= 0.3 is 0 Å². The average molecular weight is 167 g/mol. The second-order valence-corrected chi connectivity index (χ2v) is 2.61. The van der Waals surface area contributed by atoms with Crippen molar-refractivity contribution in [3.63, 3.8) is 0 Å². The van der Waals surface area contributed by atoms with Crippen molar-refractivity contribution in [2.24, 2.45) is 5.73 Å². The molecule has 0 amide bonds. The number of H-pyrrole nitrogens is 1. The molecule has 1 aromatic heterocycles. The third kappa shape index (κ3) is 1.71. The molecule has 0 unspecified atom stereocenters. The van der Waals surface area contributed by atoms with E-state index in [1.54, 1.807) is 0 Å². The molecule has 0 saturated carbocycles. The number of hydrogen-bond acceptors (Lipinski definition) is 3. The molecule has 0 saturated heterocycles. The second-order valence-electron chi connectivity index (χ2n) is 2.61. The Labute approximate surface area is 70.8 Å². The van der Waals surface area contributed by atoms with Crippen molar-refractivity contribution in [1.29, 1.82) is 0 Å². The molecule has 12 heavy (non-hydrogen) atoms. The van der Waals surface area contributed by atoms with Crippen LogP contribution in [-0.4, -0.2) is 9.97 Å². The first-order valence-corrected chi connectivity index (χ1v) is 4.05. The van der Waals surface area contributed by atoms with Crippen LogP contribution in [0, 0.1) is 0 Å². The summed E-state index contributed by atoms with van der Waals surface area (Å²) >= 11 is 0. The second kappa shape index (κ2) is 4.01. The smallest absolute Gasteiger partial charge is 0.255 e. The SMILES string of the molecule is CCCc1nc[nH]c(=O)c1CN. The zero-order chi connectivity index (χ0) is 8.97. The molecular formula is C8H13N3O. The molecule has 4 nitrogen and oxygen atoms in total. The van der Waals surface area contributed by atoms with Gasteiger partial charge in [0.2, 0.25) is 0 Å². The van der Waals surface area contributed by atoms with E-state index in [4.69, 9.17) is 5.73 Å². The molecule has 0 aromatic carbocycles. The number of rotatable bonds is 3. The van der Waals surface area contributed by atoms with E-state index >= 15 is 0 Å². The van der Waals surface area contributed by atoms with E-state index < -0.39 is 0 Å². The van der Waals surface area contributed by atoms with Crippen LogP contribution in [0.3, 0.4) is 0 Å². The standard InChI is InChI=1S/C8H13N3O/c1-2-3-7-6(4-9)8(12)11-5-10-7/h5H,2-4,9H2,1H3,(H,10,11,12). The Hall–Kier alpha value is -1.16. The molecule has 1 heterocycles. The maximum atomic E-state index is 11.2. The lowest BCUT2D eigenvalue weighted by molar-refractivity contribution is 0.826. The van der Waals surface area contributed by atoms with E-state index in [9.17, 15) is 4.79 Å². The average Bonchev–Trinajstić information content (AvgIpc) is 2.05. The molecule has 3 N–H and O–H groups in total. The van der Waals surface area contributed by atoms with Crippen LogP contribution in [0.1, 0.15) is 24.6 Å². The van der Waals surface area contributed by atoms with Crippen LogP contribution < -0.4 is 11.3 Å². The van der Waals surface area contributed by atoms with Crippen LogP contribution in [0.4, 0.5) is 0 Å². The van der Waals surface area contributed by atoms with Gasteiger partial charge in [-0.1, -0.05) is 13.3 Å². The molecule has 1 rings (SSSR count). The van der Waals surface area contributed by atoms with Crippen LogP contribution in [0.2, 0.25) is 0 Å². The van der Waals surface area contributed by atoms with Crippen molar-refractivity contribution in [1.82, 2.24) is 9.97 Å². The van der Waals surface area contributed by atoms with E-state index in [0.29, 0.717) is 5.56 Å². The first-order valence-electron chi connectivity index (χ1n) is 4.05. The molecule has 66 valence electrons. The van der Waals surface area contributed by atoms with Crippen molar-refractivity contribution in [3.05, 3.63) is 27.9 Å². The zero-order valence-electron chi connectivity index (χ0n) is 7.13. The van der Waals surface area contributed by atoms with Crippen LogP contribution >= 0.6 is 0 Å². The van der Waals surface area contributed by atoms with Gasteiger partial charge in [-0.3, -0.25) is 4.79 Å². The minimum atomic E-state index is -0.115. The van der Waals surface area contributed by atoms with E-state index in [0.717, 1.165) is 18.5 Å². The number of nitrogens with two attached hydrogens (primary N) is 1. The quantitative estimate of drug-likeness (QED) is 0.674. The first-order chi connectivity index (χ1) is 5.79. The van der Waals surface area contributed by atoms with Gasteiger partial charge in [-0.2, -0.15) is 0 Å². The number of nitrogens with zero attached hydrogens (tertiary/aromatic N) is 1. The number of nitrogens with one attached hydrogen (secondary N) is 1. The molecule has 0 aliphatic carbocycles. The van der Waals surface area contributed by atoms with Crippen molar-refractivity contribution in [3.8, 4) is 0 Å². The van der Waals surface area contributed by atoms with Crippen LogP contribution in [0.15, 0.2) is 11.1 Å². The summed E-state index contributed by atoms with van der Waals surface area (Å²) in [4.78, 5) is 17.7. The van der Waals surface area contributed by atoms with Gasteiger partial charge in [0.15, 0.2) is 0 Å². The molecular weight excluding hydrogens is 154 g/mol. The molecule has 0 fully saturated rings. The molecule has 0 bridgehead atoms. The topological polar surface area (TPSA) is 71.8 Å². The predicted octanol–water partition coefficient (Wildman–Crippen LogP) is 0.181. The van der Waals surface area contributed by atoms with Gasteiger partial charge in [-0.05, 0) is 6.42 Å². The summed E-state index contributed by atoms with van der Waals surface area (Å²) in [7, 11) is 0. The minimum absolute atomic E-state index is 0.115. The fourth-order valence-electron chi connectivity index (χ4n) is 1.13. The summed E-state index contributed by atoms with van der Waals surface area (Å²) in [5.41, 5.74) is 6.74. The van der Waals surface area contributed by atoms with Gasteiger partial charge in [-0.15, -0.1) is 0 Å². The van der Waals surface area contributed by atoms with Gasteiger partial charge in [0.1, 0.15) is 0 Å². The highest BCUT2D eigenvalue weighted by Crippen LogP contribution is 2.00. The van der Waals surface area contributed by atoms with Gasteiger partial charge in [-0.25, -0.2) is 4.98 Å². The van der Waals surface area contributed by atoms with Crippen LogP contribution in [0.25, 0.3) is 0 Å². The molecule has 4 heteroatoms. The van der Waals surface area contributed by atoms with Crippen LogP contribution in [-0.2, 0) is 13.0 Å². The van der Waals surface area contributed by atoms with Gasteiger partial charge < -0.3 is 10.7 Å². The summed E-state index contributed by atoms with van der Waals surface area (Å²) in [6, 6.07) is 0. The molecule has 0 spiro atoms. The Morgan fingerprint density at radius 1 is 1.67 bits per heavy atom. The molecule has 1 aromatic rings. The summed E-state index contributed by atoms with van der Waals surface area (Å²) in [6.45, 7) is 2.31. The van der Waals surface area contributed by atoms with Crippen molar-refractivity contribution in [2.75, 3.05) is 0 Å². The third-order valence-corrected chi connectivity index (χ3v) is 1.73. The lowest BCUT2D eigenvalue weighted by Gasteiger charge is -2.02. The van der Waals surface area contributed by atoms with Gasteiger partial charge in [0, 0.05) is 6.54 Å². The lowest BCUT2D eigenvalue weighted by atomic mass is 10.1. The van der Waals surface area contributed by atoms with Gasteiger partial charge in [0.05, 0.1) is 17.6 Å². The lowest BCUT2D eigenvalue weighted by Crippen LogP contribution is -2.19. The Balaban J connectivity index is 3.09. The predicted molar refractivity (Wildman–Crippen MR) is 46.7 cm³/mol. The summed E-state index contributed by atoms with van der Waals surface area (Å²) < 4.78 is 0. The highest BCUT2D eigenvalue weighted by atomic mass is 16.1. The summed E-state index contributed by atoms with van der Waals surface area (Å²) in [6.07, 6.45) is 3.21. The molecule has 0 radical (unpaired) electrons. The van der Waals surface area contributed by atoms with Crippen molar-refractivity contribution in [2.45, 2.75) is 26.3 Å². The van der Waals surface area contributed by atoms with E-state index in [-0.39, 0.29) is 12.1 Å². The monoisotopic (exact) mass is 167 g/mol. The van der Waals surface area contributed by atoms with E-state index in [1.165, 1.54) is 6.33 Å². The van der Waals surface area contributed by atoms with Crippen LogP contribution in [0.5, 0.6) is 0 Å². The van der Waals surface area contributed by atoms with E-state index in [2.05, 4.69) is 9.97 Å². The largest absolute Gasteiger partial charge is 0.326 e. The fourth-order valence-corrected chi connectivity index (χ4v) is 1.13. The summed E-state index contributed by atoms with van der Waals surface area (Å²) in [5, 5.41) is 0. The third-order valence-electron chi connectivity index (χ3n) is 1.73. The van der Waals surface area contributed by atoms with E-state index in [1.807, 2.05) is 6.92 Å². The molecule has 0 atom stereocenters. The Kier molecular flexibility index (Phi) is 2.99. The summed E-state index contributed by atoms with van der Waals surface area (Å²) in [5.74, 6) is 0. The molecule has 0 aliphatic rings. The Bertz CT molecular complexity index is 305. The first kappa shape index (κ1) is 8.93. The normalized spacial score (nSPS) is 10.2. The highest BCUT2D eigenvalue weighted by Gasteiger charge is 2.04. The maximum Gasteiger partial charge on any atom is 0.255 e. The number of hydrogen-bond donors (Lipinski definition) is 2. The minimum Gasteiger partial charge on any atom is -0.326 e. The van der Waals surface area contributed by atoms with Crippen molar-refractivity contribution < 1.29 is 0 Å². The van der Waals surface area contributed by atoms with Crippen molar-refractivity contribution >= 4 is 0 Å². The van der Waals surface area contributed by atoms with Gasteiger partial charge in [0.25, 0.3) is 5.56 Å². The molecule has 0 aliphatic heterocycles. The Morgan fingerprint density at radius 3 is 3.00 bits per heavy atom. The maximum absolute atomic E-state index is 11.2. The zero-order valence-corrected chi connectivity index (χ0v) is 7.13.